The summed E-state index contributed by atoms with van der Waals surface area (Å²) in [4.78, 5) is 12.2. The van der Waals surface area contributed by atoms with Gasteiger partial charge in [0.25, 0.3) is 5.91 Å². The zero-order valence-electron chi connectivity index (χ0n) is 12.9. The number of carbonyl (C=O) groups is 1. The normalized spacial score (nSPS) is 19.9. The number of nitrogens with one attached hydrogen (secondary N) is 1. The Balaban J connectivity index is 1.64. The lowest BCUT2D eigenvalue weighted by molar-refractivity contribution is -0.128. The van der Waals surface area contributed by atoms with Gasteiger partial charge in [-0.2, -0.15) is 0 Å². The SMILES string of the molecule is CC(Oc1cccc2c1CCCC2)C(=O)NC1CCCC1. The number of carbonyl (C=O) groups excluding carboxylic acids is 1. The van der Waals surface area contributed by atoms with Crippen LogP contribution in [0.5, 0.6) is 5.75 Å². The molecule has 3 heteroatoms. The third-order valence-electron chi connectivity index (χ3n) is 4.73. The Hall–Kier alpha value is -1.51. The van der Waals surface area contributed by atoms with Crippen molar-refractivity contribution in [3.8, 4) is 5.75 Å². The van der Waals surface area contributed by atoms with E-state index < -0.39 is 6.10 Å². The maximum Gasteiger partial charge on any atom is 0.260 e. The van der Waals surface area contributed by atoms with Crippen molar-refractivity contribution in [2.24, 2.45) is 0 Å². The lowest BCUT2D eigenvalue weighted by atomic mass is 9.91. The maximum atomic E-state index is 12.2. The topological polar surface area (TPSA) is 38.3 Å². The zero-order chi connectivity index (χ0) is 14.7. The van der Waals surface area contributed by atoms with Crippen LogP contribution in [0.25, 0.3) is 0 Å². The number of aryl methyl sites for hydroxylation is 1. The second-order valence-corrected chi connectivity index (χ2v) is 6.35. The molecule has 21 heavy (non-hydrogen) atoms. The van der Waals surface area contributed by atoms with E-state index in [2.05, 4.69) is 11.4 Å². The molecular formula is C18H25NO2. The minimum Gasteiger partial charge on any atom is -0.481 e. The van der Waals surface area contributed by atoms with Gasteiger partial charge in [-0.05, 0) is 62.6 Å². The number of hydrogen-bond acceptors (Lipinski definition) is 2. The van der Waals surface area contributed by atoms with Gasteiger partial charge in [-0.15, -0.1) is 0 Å². The van der Waals surface area contributed by atoms with Crippen LogP contribution in [-0.2, 0) is 17.6 Å². The minimum atomic E-state index is -0.418. The van der Waals surface area contributed by atoms with E-state index in [1.165, 1.54) is 36.8 Å². The van der Waals surface area contributed by atoms with Crippen LogP contribution in [-0.4, -0.2) is 18.1 Å². The first-order chi connectivity index (χ1) is 10.2. The Morgan fingerprint density at radius 1 is 1.19 bits per heavy atom. The molecule has 1 N–H and O–H groups in total. The average molecular weight is 287 g/mol. The van der Waals surface area contributed by atoms with Crippen molar-refractivity contribution < 1.29 is 9.53 Å². The molecule has 1 aromatic rings. The molecule has 2 aliphatic carbocycles. The Morgan fingerprint density at radius 3 is 2.76 bits per heavy atom. The van der Waals surface area contributed by atoms with E-state index in [1.54, 1.807) is 0 Å². The fraction of sp³-hybridized carbons (Fsp3) is 0.611. The van der Waals surface area contributed by atoms with Gasteiger partial charge in [0, 0.05) is 6.04 Å². The smallest absolute Gasteiger partial charge is 0.260 e. The van der Waals surface area contributed by atoms with Crippen molar-refractivity contribution in [1.82, 2.24) is 5.32 Å². The molecule has 3 rings (SSSR count). The van der Waals surface area contributed by atoms with E-state index >= 15 is 0 Å². The summed E-state index contributed by atoms with van der Waals surface area (Å²) in [6, 6.07) is 6.59. The van der Waals surface area contributed by atoms with Crippen LogP contribution in [0.15, 0.2) is 18.2 Å². The Morgan fingerprint density at radius 2 is 1.95 bits per heavy atom. The highest BCUT2D eigenvalue weighted by Crippen LogP contribution is 2.30. The van der Waals surface area contributed by atoms with E-state index in [9.17, 15) is 4.79 Å². The number of ether oxygens (including phenoxy) is 1. The number of fused-ring (bicyclic) bond motifs is 1. The van der Waals surface area contributed by atoms with Crippen LogP contribution in [0.3, 0.4) is 0 Å². The molecular weight excluding hydrogens is 262 g/mol. The fourth-order valence-corrected chi connectivity index (χ4v) is 3.49. The highest BCUT2D eigenvalue weighted by Gasteiger charge is 2.23. The first-order valence-corrected chi connectivity index (χ1v) is 8.32. The summed E-state index contributed by atoms with van der Waals surface area (Å²) in [5.74, 6) is 0.927. The van der Waals surface area contributed by atoms with Crippen LogP contribution in [0.4, 0.5) is 0 Å². The average Bonchev–Trinajstić information content (AvgIpc) is 3.00. The largest absolute Gasteiger partial charge is 0.481 e. The van der Waals surface area contributed by atoms with E-state index in [0.29, 0.717) is 6.04 Å². The zero-order valence-corrected chi connectivity index (χ0v) is 12.9. The highest BCUT2D eigenvalue weighted by atomic mass is 16.5. The summed E-state index contributed by atoms with van der Waals surface area (Å²) >= 11 is 0. The molecule has 1 saturated carbocycles. The first kappa shape index (κ1) is 14.4. The molecule has 0 aliphatic heterocycles. The molecule has 1 aromatic carbocycles. The molecule has 0 spiro atoms. The summed E-state index contributed by atoms with van der Waals surface area (Å²) in [6.45, 7) is 1.85. The highest BCUT2D eigenvalue weighted by molar-refractivity contribution is 5.81. The summed E-state index contributed by atoms with van der Waals surface area (Å²) in [5.41, 5.74) is 2.70. The number of rotatable bonds is 4. The maximum absolute atomic E-state index is 12.2. The van der Waals surface area contributed by atoms with Crippen LogP contribution < -0.4 is 10.1 Å². The van der Waals surface area contributed by atoms with Crippen molar-refractivity contribution in [1.29, 1.82) is 0 Å². The first-order valence-electron chi connectivity index (χ1n) is 8.32. The third-order valence-corrected chi connectivity index (χ3v) is 4.73. The molecule has 1 unspecified atom stereocenters. The quantitative estimate of drug-likeness (QED) is 0.922. The van der Waals surface area contributed by atoms with E-state index in [4.69, 9.17) is 4.74 Å². The standard InChI is InChI=1S/C18H25NO2/c1-13(18(20)19-15-9-3-4-10-15)21-17-12-6-8-14-7-2-5-11-16(14)17/h6,8,12-13,15H,2-5,7,9-11H2,1H3,(H,19,20). The third kappa shape index (κ3) is 3.39. The summed E-state index contributed by atoms with van der Waals surface area (Å²) in [7, 11) is 0. The number of benzene rings is 1. The van der Waals surface area contributed by atoms with Crippen molar-refractivity contribution in [2.75, 3.05) is 0 Å². The molecule has 1 fully saturated rings. The Labute approximate surface area is 127 Å². The van der Waals surface area contributed by atoms with Crippen LogP contribution in [0.2, 0.25) is 0 Å². The van der Waals surface area contributed by atoms with Gasteiger partial charge in [-0.25, -0.2) is 0 Å². The Kier molecular flexibility index (Phi) is 4.47. The molecule has 1 atom stereocenters. The van der Waals surface area contributed by atoms with Gasteiger partial charge in [-0.3, -0.25) is 4.79 Å². The number of amides is 1. The molecule has 0 radical (unpaired) electrons. The van der Waals surface area contributed by atoms with Crippen LogP contribution in [0.1, 0.15) is 56.6 Å². The van der Waals surface area contributed by atoms with Gasteiger partial charge in [0.2, 0.25) is 0 Å². The fourth-order valence-electron chi connectivity index (χ4n) is 3.49. The number of hydrogen-bond donors (Lipinski definition) is 1. The molecule has 3 nitrogen and oxygen atoms in total. The second kappa shape index (κ2) is 6.50. The van der Waals surface area contributed by atoms with Crippen LogP contribution in [0, 0.1) is 0 Å². The van der Waals surface area contributed by atoms with Crippen LogP contribution >= 0.6 is 0 Å². The van der Waals surface area contributed by atoms with Crippen molar-refractivity contribution >= 4 is 5.91 Å². The predicted octanol–water partition coefficient (Wildman–Crippen LogP) is 3.39. The Bertz CT molecular complexity index is 506. The van der Waals surface area contributed by atoms with E-state index in [0.717, 1.165) is 31.4 Å². The molecule has 114 valence electrons. The molecule has 0 saturated heterocycles. The summed E-state index contributed by atoms with van der Waals surface area (Å²) < 4.78 is 5.97. The van der Waals surface area contributed by atoms with E-state index in [-0.39, 0.29) is 5.91 Å². The van der Waals surface area contributed by atoms with Crippen molar-refractivity contribution in [2.45, 2.75) is 70.4 Å². The lowest BCUT2D eigenvalue weighted by Gasteiger charge is -2.23. The van der Waals surface area contributed by atoms with Gasteiger partial charge in [-0.1, -0.05) is 25.0 Å². The van der Waals surface area contributed by atoms with Gasteiger partial charge in [0.15, 0.2) is 6.10 Å². The van der Waals surface area contributed by atoms with Crippen molar-refractivity contribution in [3.63, 3.8) is 0 Å². The van der Waals surface area contributed by atoms with Crippen molar-refractivity contribution in [3.05, 3.63) is 29.3 Å². The molecule has 2 aliphatic rings. The summed E-state index contributed by atoms with van der Waals surface area (Å²) in [5, 5.41) is 3.11. The monoisotopic (exact) mass is 287 g/mol. The van der Waals surface area contributed by atoms with Gasteiger partial charge in [0.1, 0.15) is 5.75 Å². The van der Waals surface area contributed by atoms with E-state index in [1.807, 2.05) is 19.1 Å². The molecule has 1 amide bonds. The minimum absolute atomic E-state index is 0.0234. The predicted molar refractivity (Wildman–Crippen MR) is 83.6 cm³/mol. The lowest BCUT2D eigenvalue weighted by Crippen LogP contribution is -2.41. The molecule has 0 heterocycles. The van der Waals surface area contributed by atoms with Gasteiger partial charge < -0.3 is 10.1 Å². The summed E-state index contributed by atoms with van der Waals surface area (Å²) in [6.07, 6.45) is 8.94. The van der Waals surface area contributed by atoms with Gasteiger partial charge in [0.05, 0.1) is 0 Å². The second-order valence-electron chi connectivity index (χ2n) is 6.35. The molecule has 0 aromatic heterocycles. The van der Waals surface area contributed by atoms with Gasteiger partial charge >= 0.3 is 0 Å². The molecule has 0 bridgehead atoms.